The Kier molecular flexibility index (Phi) is 7.82. The van der Waals surface area contributed by atoms with Crippen LogP contribution in [0, 0.1) is 0 Å². The third kappa shape index (κ3) is 6.93. The van der Waals surface area contributed by atoms with Gasteiger partial charge in [-0.3, -0.25) is 9.59 Å². The molecule has 1 unspecified atom stereocenters. The summed E-state index contributed by atoms with van der Waals surface area (Å²) in [4.78, 5) is 27.9. The fourth-order valence-electron chi connectivity index (χ4n) is 3.21. The van der Waals surface area contributed by atoms with Gasteiger partial charge in [-0.15, -0.1) is 0 Å². The zero-order chi connectivity index (χ0) is 21.4. The molecule has 0 fully saturated rings. The highest BCUT2D eigenvalue weighted by Crippen LogP contribution is 2.19. The molecule has 0 aromatic heterocycles. The fourth-order valence-corrected chi connectivity index (χ4v) is 3.21. The van der Waals surface area contributed by atoms with E-state index in [9.17, 15) is 9.59 Å². The molecule has 5 heteroatoms. The average Bonchev–Trinajstić information content (AvgIpc) is 2.67. The topological polar surface area (TPSA) is 58.6 Å². The van der Waals surface area contributed by atoms with E-state index in [1.165, 1.54) is 0 Å². The van der Waals surface area contributed by atoms with Crippen molar-refractivity contribution in [3.8, 4) is 5.75 Å². The molecule has 2 rings (SSSR count). The van der Waals surface area contributed by atoms with Crippen molar-refractivity contribution in [3.63, 3.8) is 0 Å². The first kappa shape index (κ1) is 22.5. The van der Waals surface area contributed by atoms with Gasteiger partial charge >= 0.3 is 0 Å². The zero-order valence-corrected chi connectivity index (χ0v) is 18.1. The summed E-state index contributed by atoms with van der Waals surface area (Å²) < 4.78 is 5.31. The smallest absolute Gasteiger partial charge is 0.243 e. The molecule has 2 aromatic rings. The second kappa shape index (κ2) is 10.1. The SMILES string of the molecule is CCC(C(=O)NC(C)(C)C)N(Cc1cccc(OC)c1)C(=O)Cc1ccccc1. The number of rotatable bonds is 8. The van der Waals surface area contributed by atoms with Crippen molar-refractivity contribution in [2.75, 3.05) is 7.11 Å². The fraction of sp³-hybridized carbons (Fsp3) is 0.417. The van der Waals surface area contributed by atoms with E-state index in [4.69, 9.17) is 4.74 Å². The molecule has 0 saturated carbocycles. The Hall–Kier alpha value is -2.82. The number of nitrogens with one attached hydrogen (secondary N) is 1. The third-order valence-electron chi connectivity index (χ3n) is 4.57. The van der Waals surface area contributed by atoms with Gasteiger partial charge in [0, 0.05) is 12.1 Å². The summed E-state index contributed by atoms with van der Waals surface area (Å²) in [6.07, 6.45) is 0.788. The van der Waals surface area contributed by atoms with E-state index in [-0.39, 0.29) is 23.8 Å². The van der Waals surface area contributed by atoms with Gasteiger partial charge in [0.05, 0.1) is 13.5 Å². The summed E-state index contributed by atoms with van der Waals surface area (Å²) in [6, 6.07) is 16.7. The highest BCUT2D eigenvalue weighted by molar-refractivity contribution is 5.88. The van der Waals surface area contributed by atoms with E-state index < -0.39 is 6.04 Å². The van der Waals surface area contributed by atoms with Gasteiger partial charge in [-0.05, 0) is 50.5 Å². The maximum atomic E-state index is 13.3. The molecular weight excluding hydrogens is 364 g/mol. The van der Waals surface area contributed by atoms with Crippen LogP contribution in [0.25, 0.3) is 0 Å². The van der Waals surface area contributed by atoms with E-state index in [2.05, 4.69) is 5.32 Å². The number of amides is 2. The van der Waals surface area contributed by atoms with Crippen molar-refractivity contribution in [2.45, 2.75) is 58.7 Å². The minimum absolute atomic E-state index is 0.0741. The van der Waals surface area contributed by atoms with Gasteiger partial charge in [-0.25, -0.2) is 0 Å². The number of hydrogen-bond acceptors (Lipinski definition) is 3. The Morgan fingerprint density at radius 1 is 1.03 bits per heavy atom. The molecule has 5 nitrogen and oxygen atoms in total. The monoisotopic (exact) mass is 396 g/mol. The quantitative estimate of drug-likeness (QED) is 0.735. The summed E-state index contributed by atoms with van der Waals surface area (Å²) in [5.41, 5.74) is 1.49. The highest BCUT2D eigenvalue weighted by Gasteiger charge is 2.30. The van der Waals surface area contributed by atoms with Crippen LogP contribution in [0.1, 0.15) is 45.2 Å². The molecule has 0 spiro atoms. The van der Waals surface area contributed by atoms with Crippen molar-refractivity contribution in [3.05, 3.63) is 65.7 Å². The Balaban J connectivity index is 2.31. The molecule has 0 aliphatic carbocycles. The summed E-state index contributed by atoms with van der Waals surface area (Å²) >= 11 is 0. The van der Waals surface area contributed by atoms with Crippen LogP contribution in [0.2, 0.25) is 0 Å². The van der Waals surface area contributed by atoms with Crippen LogP contribution in [0.5, 0.6) is 5.75 Å². The van der Waals surface area contributed by atoms with Gasteiger partial charge in [-0.1, -0.05) is 49.4 Å². The first-order chi connectivity index (χ1) is 13.7. The number of carbonyl (C=O) groups is 2. The minimum Gasteiger partial charge on any atom is -0.497 e. The second-order valence-electron chi connectivity index (χ2n) is 8.20. The number of hydrogen-bond donors (Lipinski definition) is 1. The molecule has 0 radical (unpaired) electrons. The Labute approximate surface area is 174 Å². The van der Waals surface area contributed by atoms with Crippen molar-refractivity contribution >= 4 is 11.8 Å². The molecule has 0 aliphatic heterocycles. The lowest BCUT2D eigenvalue weighted by Gasteiger charge is -2.33. The van der Waals surface area contributed by atoms with Crippen LogP contribution in [-0.2, 0) is 22.6 Å². The molecule has 0 aliphatic rings. The molecule has 0 heterocycles. The largest absolute Gasteiger partial charge is 0.497 e. The van der Waals surface area contributed by atoms with Crippen LogP contribution in [0.3, 0.4) is 0 Å². The van der Waals surface area contributed by atoms with Crippen LogP contribution in [0.15, 0.2) is 54.6 Å². The number of ether oxygens (including phenoxy) is 1. The van der Waals surface area contributed by atoms with Crippen LogP contribution in [0.4, 0.5) is 0 Å². The zero-order valence-electron chi connectivity index (χ0n) is 18.1. The number of methoxy groups -OCH3 is 1. The first-order valence-corrected chi connectivity index (χ1v) is 10.0. The predicted octanol–water partition coefficient (Wildman–Crippen LogP) is 3.96. The van der Waals surface area contributed by atoms with E-state index in [0.717, 1.165) is 16.9 Å². The molecule has 1 atom stereocenters. The number of benzene rings is 2. The Morgan fingerprint density at radius 2 is 1.69 bits per heavy atom. The number of carbonyl (C=O) groups excluding carboxylic acids is 2. The Bertz CT molecular complexity index is 812. The standard InChI is InChI=1S/C24H32N2O3/c1-6-21(23(28)25-24(2,3)4)26(17-19-13-10-14-20(15-19)29-5)22(27)16-18-11-8-7-9-12-18/h7-15,21H,6,16-17H2,1-5H3,(H,25,28). The lowest BCUT2D eigenvalue weighted by molar-refractivity contribution is -0.141. The van der Waals surface area contributed by atoms with Crippen LogP contribution >= 0.6 is 0 Å². The molecule has 0 saturated heterocycles. The van der Waals surface area contributed by atoms with Crippen molar-refractivity contribution in [1.29, 1.82) is 0 Å². The third-order valence-corrected chi connectivity index (χ3v) is 4.57. The lowest BCUT2D eigenvalue weighted by atomic mass is 10.0. The van der Waals surface area contributed by atoms with E-state index in [1.807, 2.05) is 82.3 Å². The molecule has 29 heavy (non-hydrogen) atoms. The normalized spacial score (nSPS) is 12.2. The maximum absolute atomic E-state index is 13.3. The van der Waals surface area contributed by atoms with E-state index >= 15 is 0 Å². The molecule has 2 aromatic carbocycles. The molecule has 2 amide bonds. The Morgan fingerprint density at radius 3 is 2.28 bits per heavy atom. The number of nitrogens with zero attached hydrogens (tertiary/aromatic N) is 1. The molecule has 1 N–H and O–H groups in total. The van der Waals surface area contributed by atoms with Gasteiger partial charge < -0.3 is 15.0 Å². The summed E-state index contributed by atoms with van der Waals surface area (Å²) in [5.74, 6) is 0.518. The molecular formula is C24H32N2O3. The average molecular weight is 397 g/mol. The predicted molar refractivity (Wildman–Crippen MR) is 116 cm³/mol. The van der Waals surface area contributed by atoms with Gasteiger partial charge in [-0.2, -0.15) is 0 Å². The molecule has 156 valence electrons. The molecule has 0 bridgehead atoms. The minimum atomic E-state index is -0.545. The summed E-state index contributed by atoms with van der Waals surface area (Å²) in [5, 5.41) is 3.02. The van der Waals surface area contributed by atoms with Gasteiger partial charge in [0.1, 0.15) is 11.8 Å². The highest BCUT2D eigenvalue weighted by atomic mass is 16.5. The van der Waals surface area contributed by atoms with Gasteiger partial charge in [0.15, 0.2) is 0 Å². The van der Waals surface area contributed by atoms with Crippen molar-refractivity contribution < 1.29 is 14.3 Å². The summed E-state index contributed by atoms with van der Waals surface area (Å²) in [6.45, 7) is 8.10. The van der Waals surface area contributed by atoms with Crippen molar-refractivity contribution in [1.82, 2.24) is 10.2 Å². The van der Waals surface area contributed by atoms with Crippen LogP contribution in [-0.4, -0.2) is 35.4 Å². The lowest BCUT2D eigenvalue weighted by Crippen LogP contribution is -2.53. The van der Waals surface area contributed by atoms with E-state index in [1.54, 1.807) is 12.0 Å². The van der Waals surface area contributed by atoms with Crippen LogP contribution < -0.4 is 10.1 Å². The van der Waals surface area contributed by atoms with Gasteiger partial charge in [0.25, 0.3) is 0 Å². The maximum Gasteiger partial charge on any atom is 0.243 e. The first-order valence-electron chi connectivity index (χ1n) is 10.0. The second-order valence-corrected chi connectivity index (χ2v) is 8.20. The van der Waals surface area contributed by atoms with Gasteiger partial charge in [0.2, 0.25) is 11.8 Å². The summed E-state index contributed by atoms with van der Waals surface area (Å²) in [7, 11) is 1.61. The van der Waals surface area contributed by atoms with Crippen molar-refractivity contribution in [2.24, 2.45) is 0 Å². The van der Waals surface area contributed by atoms with E-state index in [0.29, 0.717) is 13.0 Å².